The van der Waals surface area contributed by atoms with Gasteiger partial charge in [0.05, 0.1) is 0 Å². The van der Waals surface area contributed by atoms with Gasteiger partial charge in [-0.05, 0) is 38.0 Å². The lowest BCUT2D eigenvalue weighted by Crippen LogP contribution is -2.47. The molecule has 1 N–H and O–H groups in total. The van der Waals surface area contributed by atoms with Gasteiger partial charge in [-0.15, -0.1) is 0 Å². The van der Waals surface area contributed by atoms with Crippen molar-refractivity contribution in [2.75, 3.05) is 26.2 Å². The first-order valence-electron chi connectivity index (χ1n) is 9.67. The molecule has 1 amide bonds. The van der Waals surface area contributed by atoms with Crippen LogP contribution in [0.1, 0.15) is 38.7 Å². The average molecular weight is 362 g/mol. The molecule has 1 aromatic heterocycles. The Labute approximate surface area is 154 Å². The first kappa shape index (κ1) is 18.9. The molecular formula is C19H30N4O3. The van der Waals surface area contributed by atoms with Crippen LogP contribution in [0.4, 0.5) is 0 Å². The van der Waals surface area contributed by atoms with Gasteiger partial charge in [0.2, 0.25) is 5.91 Å². The van der Waals surface area contributed by atoms with Crippen molar-refractivity contribution in [2.45, 2.75) is 52.6 Å². The van der Waals surface area contributed by atoms with Gasteiger partial charge in [0.25, 0.3) is 5.56 Å². The summed E-state index contributed by atoms with van der Waals surface area (Å²) in [7, 11) is 0. The average Bonchev–Trinajstić information content (AvgIpc) is 3.39. The van der Waals surface area contributed by atoms with E-state index in [1.54, 1.807) is 6.92 Å². The van der Waals surface area contributed by atoms with Crippen LogP contribution in [0.25, 0.3) is 0 Å². The van der Waals surface area contributed by atoms with E-state index in [1.807, 2.05) is 4.90 Å². The number of hydrogen-bond acceptors (Lipinski definition) is 4. The highest BCUT2D eigenvalue weighted by Gasteiger charge is 2.33. The van der Waals surface area contributed by atoms with Gasteiger partial charge >= 0.3 is 5.69 Å². The summed E-state index contributed by atoms with van der Waals surface area (Å²) in [5.74, 6) is 1.25. The van der Waals surface area contributed by atoms with Gasteiger partial charge < -0.3 is 4.90 Å². The number of aromatic nitrogens is 2. The number of nitrogens with zero attached hydrogens (tertiary/aromatic N) is 3. The van der Waals surface area contributed by atoms with Gasteiger partial charge in [-0.1, -0.05) is 13.8 Å². The summed E-state index contributed by atoms with van der Waals surface area (Å²) in [5.41, 5.74) is -0.493. The third-order valence-corrected chi connectivity index (χ3v) is 5.56. The molecule has 0 bridgehead atoms. The molecule has 2 aliphatic rings. The van der Waals surface area contributed by atoms with Gasteiger partial charge in [-0.3, -0.25) is 24.0 Å². The molecule has 3 rings (SSSR count). The molecule has 2 heterocycles. The lowest BCUT2D eigenvalue weighted by atomic mass is 10.0. The second-order valence-corrected chi connectivity index (χ2v) is 8.14. The van der Waals surface area contributed by atoms with Crippen molar-refractivity contribution >= 4 is 5.91 Å². The number of carbonyl (C=O) groups is 1. The Morgan fingerprint density at radius 2 is 2.00 bits per heavy atom. The van der Waals surface area contributed by atoms with E-state index in [0.29, 0.717) is 24.1 Å². The van der Waals surface area contributed by atoms with Gasteiger partial charge in [-0.2, -0.15) is 0 Å². The van der Waals surface area contributed by atoms with Crippen molar-refractivity contribution < 1.29 is 4.79 Å². The lowest BCUT2D eigenvalue weighted by Gasteiger charge is -2.34. The van der Waals surface area contributed by atoms with Crippen LogP contribution in [0, 0.1) is 18.8 Å². The molecule has 7 nitrogen and oxygen atoms in total. The molecule has 0 spiro atoms. The van der Waals surface area contributed by atoms with E-state index in [4.69, 9.17) is 0 Å². The largest absolute Gasteiger partial charge is 0.340 e. The number of aromatic amines is 1. The Morgan fingerprint density at radius 3 is 2.65 bits per heavy atom. The molecule has 1 saturated heterocycles. The van der Waals surface area contributed by atoms with Crippen LogP contribution in [-0.2, 0) is 11.3 Å². The van der Waals surface area contributed by atoms with Crippen molar-refractivity contribution in [1.29, 1.82) is 0 Å². The minimum absolute atomic E-state index is 0.0239. The topological polar surface area (TPSA) is 78.4 Å². The number of hydrogen-bond donors (Lipinski definition) is 1. The van der Waals surface area contributed by atoms with Crippen LogP contribution in [0.2, 0.25) is 0 Å². The fourth-order valence-corrected chi connectivity index (χ4v) is 3.76. The number of nitrogens with one attached hydrogen (secondary N) is 1. The monoisotopic (exact) mass is 362 g/mol. The van der Waals surface area contributed by atoms with E-state index >= 15 is 0 Å². The van der Waals surface area contributed by atoms with Crippen molar-refractivity contribution in [1.82, 2.24) is 19.4 Å². The molecule has 1 aliphatic carbocycles. The van der Waals surface area contributed by atoms with Crippen LogP contribution in [-0.4, -0.2) is 57.5 Å². The van der Waals surface area contributed by atoms with E-state index in [2.05, 4.69) is 23.7 Å². The zero-order valence-corrected chi connectivity index (χ0v) is 16.0. The van der Waals surface area contributed by atoms with Gasteiger partial charge in [-0.25, -0.2) is 4.79 Å². The van der Waals surface area contributed by atoms with Crippen LogP contribution >= 0.6 is 0 Å². The van der Waals surface area contributed by atoms with Gasteiger partial charge in [0, 0.05) is 44.0 Å². The third-order valence-electron chi connectivity index (χ3n) is 5.56. The summed E-state index contributed by atoms with van der Waals surface area (Å²) in [6.45, 7) is 9.65. The highest BCUT2D eigenvalue weighted by molar-refractivity contribution is 5.76. The molecular weight excluding hydrogens is 332 g/mol. The van der Waals surface area contributed by atoms with Crippen molar-refractivity contribution in [3.8, 4) is 0 Å². The molecule has 144 valence electrons. The molecule has 0 aromatic carbocycles. The predicted octanol–water partition coefficient (Wildman–Crippen LogP) is 0.814. The smallest absolute Gasteiger partial charge is 0.328 e. The van der Waals surface area contributed by atoms with Crippen LogP contribution in [0.15, 0.2) is 15.8 Å². The van der Waals surface area contributed by atoms with Crippen molar-refractivity contribution in [2.24, 2.45) is 11.8 Å². The summed E-state index contributed by atoms with van der Waals surface area (Å²) in [5, 5.41) is 0. The van der Waals surface area contributed by atoms with Crippen LogP contribution < -0.4 is 11.2 Å². The number of amides is 1. The second kappa shape index (κ2) is 7.78. The standard InChI is InChI=1S/C19H30N4O3/c1-13(2)16-11-22(8-4-7-21(16)10-15-5-6-15)17(24)12-23-9-14(3)18(25)20-19(23)26/h9,13,15-16H,4-8,10-12H2,1-3H3,(H,20,25,26)/t16-/m0/s1. The Balaban J connectivity index is 1.71. The highest BCUT2D eigenvalue weighted by atomic mass is 16.2. The number of H-pyrrole nitrogens is 1. The maximum Gasteiger partial charge on any atom is 0.328 e. The van der Waals surface area contributed by atoms with Crippen LogP contribution in [0.5, 0.6) is 0 Å². The zero-order chi connectivity index (χ0) is 18.8. The molecule has 1 saturated carbocycles. The summed E-state index contributed by atoms with van der Waals surface area (Å²) in [4.78, 5) is 43.0. The van der Waals surface area contributed by atoms with E-state index < -0.39 is 11.2 Å². The minimum Gasteiger partial charge on any atom is -0.340 e. The zero-order valence-electron chi connectivity index (χ0n) is 16.0. The maximum absolute atomic E-state index is 12.8. The van der Waals surface area contributed by atoms with E-state index in [9.17, 15) is 14.4 Å². The molecule has 7 heteroatoms. The summed E-state index contributed by atoms with van der Waals surface area (Å²) >= 11 is 0. The molecule has 1 aromatic rings. The molecule has 0 radical (unpaired) electrons. The molecule has 26 heavy (non-hydrogen) atoms. The van der Waals surface area contributed by atoms with E-state index in [-0.39, 0.29) is 12.5 Å². The third kappa shape index (κ3) is 4.44. The second-order valence-electron chi connectivity index (χ2n) is 8.14. The molecule has 2 fully saturated rings. The fourth-order valence-electron chi connectivity index (χ4n) is 3.76. The normalized spacial score (nSPS) is 21.8. The Morgan fingerprint density at radius 1 is 1.27 bits per heavy atom. The van der Waals surface area contributed by atoms with Crippen molar-refractivity contribution in [3.63, 3.8) is 0 Å². The predicted molar refractivity (Wildman–Crippen MR) is 100 cm³/mol. The number of rotatable bonds is 5. The Kier molecular flexibility index (Phi) is 5.65. The SMILES string of the molecule is Cc1cn(CC(=O)N2CCCN(CC3CC3)[C@H](C(C)C)C2)c(=O)[nH]c1=O. The quantitative estimate of drug-likeness (QED) is 0.841. The van der Waals surface area contributed by atoms with Crippen molar-refractivity contribution in [3.05, 3.63) is 32.6 Å². The fraction of sp³-hybridized carbons (Fsp3) is 0.737. The Hall–Kier alpha value is -1.89. The summed E-state index contributed by atoms with van der Waals surface area (Å²) in [6, 6.07) is 0.357. The Bertz CT molecular complexity index is 763. The van der Waals surface area contributed by atoms with E-state index in [1.165, 1.54) is 23.6 Å². The van der Waals surface area contributed by atoms with Gasteiger partial charge in [0.15, 0.2) is 0 Å². The molecule has 1 atom stereocenters. The minimum atomic E-state index is -0.528. The molecule has 0 unspecified atom stereocenters. The molecule has 1 aliphatic heterocycles. The first-order chi connectivity index (χ1) is 12.3. The van der Waals surface area contributed by atoms with Crippen LogP contribution in [0.3, 0.4) is 0 Å². The first-order valence-corrected chi connectivity index (χ1v) is 9.67. The number of carbonyl (C=O) groups excluding carboxylic acids is 1. The lowest BCUT2D eigenvalue weighted by molar-refractivity contribution is -0.132. The van der Waals surface area contributed by atoms with E-state index in [0.717, 1.165) is 32.0 Å². The summed E-state index contributed by atoms with van der Waals surface area (Å²) in [6.07, 6.45) is 5.09. The number of aryl methyl sites for hydroxylation is 1. The maximum atomic E-state index is 12.8. The highest BCUT2D eigenvalue weighted by Crippen LogP contribution is 2.31. The van der Waals surface area contributed by atoms with Gasteiger partial charge in [0.1, 0.15) is 6.54 Å². The summed E-state index contributed by atoms with van der Waals surface area (Å²) < 4.78 is 1.30.